The second-order valence-electron chi connectivity index (χ2n) is 5.74. The standard InChI is InChI=1S/C17H14F2N4S2/c18-11-1-2-12(14(19)9-11)17(24)23-6-4-22(5-7-23)15-13-3-8-25-16(13)21-10-20-15/h1-3,8-10H,4-7H2. The van der Waals surface area contributed by atoms with Crippen LogP contribution in [0.1, 0.15) is 5.56 Å². The first-order chi connectivity index (χ1) is 12.1. The third-order valence-electron chi connectivity index (χ3n) is 4.27. The van der Waals surface area contributed by atoms with E-state index in [4.69, 9.17) is 12.2 Å². The van der Waals surface area contributed by atoms with Crippen LogP contribution in [0.5, 0.6) is 0 Å². The minimum Gasteiger partial charge on any atom is -0.359 e. The van der Waals surface area contributed by atoms with Crippen molar-refractivity contribution < 1.29 is 8.78 Å². The molecule has 3 aromatic rings. The highest BCUT2D eigenvalue weighted by Gasteiger charge is 2.23. The van der Waals surface area contributed by atoms with Gasteiger partial charge in [0.2, 0.25) is 0 Å². The van der Waals surface area contributed by atoms with Gasteiger partial charge in [0.15, 0.2) is 0 Å². The zero-order valence-electron chi connectivity index (χ0n) is 13.2. The van der Waals surface area contributed by atoms with Gasteiger partial charge in [-0.05, 0) is 23.6 Å². The van der Waals surface area contributed by atoms with Gasteiger partial charge in [0, 0.05) is 37.8 Å². The Balaban J connectivity index is 1.50. The summed E-state index contributed by atoms with van der Waals surface area (Å²) in [5.41, 5.74) is 0.270. The molecule has 1 saturated heterocycles. The van der Waals surface area contributed by atoms with E-state index in [1.165, 1.54) is 12.1 Å². The molecule has 1 aromatic carbocycles. The molecular weight excluding hydrogens is 362 g/mol. The van der Waals surface area contributed by atoms with Gasteiger partial charge in [-0.3, -0.25) is 0 Å². The van der Waals surface area contributed by atoms with Crippen LogP contribution in [-0.2, 0) is 0 Å². The summed E-state index contributed by atoms with van der Waals surface area (Å²) < 4.78 is 27.0. The Morgan fingerprint density at radius 2 is 1.88 bits per heavy atom. The van der Waals surface area contributed by atoms with Gasteiger partial charge in [0.05, 0.1) is 5.39 Å². The van der Waals surface area contributed by atoms with Gasteiger partial charge in [0.25, 0.3) is 0 Å². The summed E-state index contributed by atoms with van der Waals surface area (Å²) in [5, 5.41) is 3.05. The lowest BCUT2D eigenvalue weighted by Crippen LogP contribution is -2.49. The summed E-state index contributed by atoms with van der Waals surface area (Å²) in [6, 6.07) is 5.53. The van der Waals surface area contributed by atoms with Crippen LogP contribution in [-0.4, -0.2) is 46.0 Å². The maximum atomic E-state index is 14.0. The van der Waals surface area contributed by atoms with Crippen LogP contribution in [0.15, 0.2) is 36.0 Å². The summed E-state index contributed by atoms with van der Waals surface area (Å²) in [5.74, 6) is -0.301. The van der Waals surface area contributed by atoms with Crippen molar-refractivity contribution in [3.63, 3.8) is 0 Å². The number of hydrogen-bond donors (Lipinski definition) is 0. The van der Waals surface area contributed by atoms with Crippen molar-refractivity contribution in [1.82, 2.24) is 14.9 Å². The van der Waals surface area contributed by atoms with E-state index in [2.05, 4.69) is 14.9 Å². The third kappa shape index (κ3) is 3.07. The van der Waals surface area contributed by atoms with Crippen LogP contribution < -0.4 is 4.90 Å². The highest BCUT2D eigenvalue weighted by Crippen LogP contribution is 2.27. The number of aromatic nitrogens is 2. The Morgan fingerprint density at radius 1 is 1.08 bits per heavy atom. The van der Waals surface area contributed by atoms with Crippen molar-refractivity contribution in [1.29, 1.82) is 0 Å². The van der Waals surface area contributed by atoms with Gasteiger partial charge in [-0.15, -0.1) is 11.3 Å². The summed E-state index contributed by atoms with van der Waals surface area (Å²) in [4.78, 5) is 14.2. The normalized spacial score (nSPS) is 15.0. The predicted molar refractivity (Wildman–Crippen MR) is 99.3 cm³/mol. The molecule has 0 bridgehead atoms. The smallest absolute Gasteiger partial charge is 0.140 e. The van der Waals surface area contributed by atoms with Crippen molar-refractivity contribution in [2.24, 2.45) is 0 Å². The molecule has 25 heavy (non-hydrogen) atoms. The van der Waals surface area contributed by atoms with E-state index < -0.39 is 11.6 Å². The van der Waals surface area contributed by atoms with Crippen LogP contribution in [0, 0.1) is 11.6 Å². The maximum Gasteiger partial charge on any atom is 0.140 e. The molecule has 0 saturated carbocycles. The lowest BCUT2D eigenvalue weighted by atomic mass is 10.1. The van der Waals surface area contributed by atoms with Crippen LogP contribution in [0.4, 0.5) is 14.6 Å². The fraction of sp³-hybridized carbons (Fsp3) is 0.235. The van der Waals surface area contributed by atoms with Crippen molar-refractivity contribution in [3.05, 3.63) is 53.2 Å². The first kappa shape index (κ1) is 16.3. The number of thiophene rings is 1. The Labute approximate surface area is 152 Å². The quantitative estimate of drug-likeness (QED) is 0.640. The van der Waals surface area contributed by atoms with Crippen LogP contribution in [0.2, 0.25) is 0 Å². The number of piperazine rings is 1. The molecule has 4 nitrogen and oxygen atoms in total. The number of nitrogens with zero attached hydrogens (tertiary/aromatic N) is 4. The molecule has 1 aliphatic rings. The fourth-order valence-electron chi connectivity index (χ4n) is 2.98. The molecule has 0 amide bonds. The summed E-state index contributed by atoms with van der Waals surface area (Å²) in [6.07, 6.45) is 1.58. The number of benzene rings is 1. The van der Waals surface area contributed by atoms with E-state index in [0.717, 1.165) is 35.2 Å². The molecule has 8 heteroatoms. The lowest BCUT2D eigenvalue weighted by Gasteiger charge is -2.37. The Hall–Kier alpha value is -2.19. The van der Waals surface area contributed by atoms with E-state index in [-0.39, 0.29) is 5.56 Å². The van der Waals surface area contributed by atoms with Gasteiger partial charge >= 0.3 is 0 Å². The number of fused-ring (bicyclic) bond motifs is 1. The number of halogens is 2. The van der Waals surface area contributed by atoms with Crippen molar-refractivity contribution in [2.75, 3.05) is 31.1 Å². The Bertz CT molecular complexity index is 935. The molecular formula is C17H14F2N4S2. The van der Waals surface area contributed by atoms with E-state index in [1.54, 1.807) is 17.7 Å². The molecule has 2 aromatic heterocycles. The molecule has 0 atom stereocenters. The average molecular weight is 376 g/mol. The van der Waals surface area contributed by atoms with Gasteiger partial charge in [-0.25, -0.2) is 18.7 Å². The van der Waals surface area contributed by atoms with Crippen molar-refractivity contribution in [3.8, 4) is 0 Å². The highest BCUT2D eigenvalue weighted by atomic mass is 32.1. The topological polar surface area (TPSA) is 32.3 Å². The Kier molecular flexibility index (Phi) is 4.30. The molecule has 0 radical (unpaired) electrons. The molecule has 3 heterocycles. The highest BCUT2D eigenvalue weighted by molar-refractivity contribution is 7.80. The Morgan fingerprint density at radius 3 is 2.64 bits per heavy atom. The summed E-state index contributed by atoms with van der Waals surface area (Å²) in [6.45, 7) is 2.77. The second-order valence-corrected chi connectivity index (χ2v) is 7.02. The van der Waals surface area contributed by atoms with Gasteiger partial charge in [-0.1, -0.05) is 12.2 Å². The molecule has 1 fully saturated rings. The number of hydrogen-bond acceptors (Lipinski definition) is 5. The number of anilines is 1. The monoisotopic (exact) mass is 376 g/mol. The summed E-state index contributed by atoms with van der Waals surface area (Å²) >= 11 is 7.00. The van der Waals surface area contributed by atoms with Gasteiger partial charge in [0.1, 0.15) is 33.6 Å². The lowest BCUT2D eigenvalue weighted by molar-refractivity contribution is 0.390. The van der Waals surface area contributed by atoms with E-state index in [0.29, 0.717) is 18.1 Å². The predicted octanol–water partition coefficient (Wildman–Crippen LogP) is 3.47. The molecule has 4 rings (SSSR count). The molecule has 0 aliphatic carbocycles. The largest absolute Gasteiger partial charge is 0.359 e. The van der Waals surface area contributed by atoms with Crippen LogP contribution in [0.3, 0.4) is 0 Å². The number of thiocarbonyl (C=S) groups is 1. The first-order valence-electron chi connectivity index (χ1n) is 7.81. The number of rotatable bonds is 2. The van der Waals surface area contributed by atoms with Gasteiger partial charge < -0.3 is 9.80 Å². The molecule has 0 spiro atoms. The van der Waals surface area contributed by atoms with Crippen molar-refractivity contribution >= 4 is 44.6 Å². The zero-order valence-corrected chi connectivity index (χ0v) is 14.8. The van der Waals surface area contributed by atoms with Crippen LogP contribution in [0.25, 0.3) is 10.2 Å². The van der Waals surface area contributed by atoms with E-state index in [1.807, 2.05) is 16.3 Å². The molecule has 128 valence electrons. The molecule has 0 N–H and O–H groups in total. The van der Waals surface area contributed by atoms with E-state index in [9.17, 15) is 8.78 Å². The SMILES string of the molecule is Fc1ccc(C(=S)N2CCN(c3ncnc4sccc34)CC2)c(F)c1. The average Bonchev–Trinajstić information content (AvgIpc) is 3.10. The van der Waals surface area contributed by atoms with Gasteiger partial charge in [-0.2, -0.15) is 0 Å². The third-order valence-corrected chi connectivity index (χ3v) is 5.57. The summed E-state index contributed by atoms with van der Waals surface area (Å²) in [7, 11) is 0. The van der Waals surface area contributed by atoms with E-state index >= 15 is 0 Å². The molecule has 1 aliphatic heterocycles. The van der Waals surface area contributed by atoms with Crippen molar-refractivity contribution in [2.45, 2.75) is 0 Å². The minimum absolute atomic E-state index is 0.270. The fourth-order valence-corrected chi connectivity index (χ4v) is 4.06. The van der Waals surface area contributed by atoms with Crippen LogP contribution >= 0.6 is 23.6 Å². The zero-order chi connectivity index (χ0) is 17.4. The molecule has 0 unspecified atom stereocenters. The second kappa shape index (κ2) is 6.61. The minimum atomic E-state index is -0.622. The first-order valence-corrected chi connectivity index (χ1v) is 9.10. The maximum absolute atomic E-state index is 14.0.